The van der Waals surface area contributed by atoms with Gasteiger partial charge in [-0.3, -0.25) is 9.59 Å². The molecule has 1 N–H and O–H groups in total. The Bertz CT molecular complexity index is 424. The minimum absolute atomic E-state index is 0.0940. The molecule has 1 aromatic rings. The van der Waals surface area contributed by atoms with E-state index in [-0.39, 0.29) is 17.5 Å². The lowest BCUT2D eigenvalue weighted by molar-refractivity contribution is 0.0940. The van der Waals surface area contributed by atoms with Crippen molar-refractivity contribution in [2.24, 2.45) is 7.05 Å². The number of pyridine rings is 1. The second kappa shape index (κ2) is 5.84. The van der Waals surface area contributed by atoms with E-state index in [0.717, 1.165) is 6.42 Å². The minimum Gasteiger partial charge on any atom is -0.348 e. The number of nitrogens with zero attached hydrogens (tertiary/aromatic N) is 1. The number of amides is 1. The van der Waals surface area contributed by atoms with Crippen LogP contribution < -0.4 is 10.9 Å². The lowest BCUT2D eigenvalue weighted by Crippen LogP contribution is -2.36. The molecular formula is C11H15BrN2O2. The normalized spacial score (nSPS) is 12.2. The summed E-state index contributed by atoms with van der Waals surface area (Å²) in [6, 6.07) is 3.07. The molecule has 4 nitrogen and oxygen atoms in total. The number of carbonyl (C=O) groups is 1. The Hall–Kier alpha value is -1.10. The van der Waals surface area contributed by atoms with E-state index in [1.165, 1.54) is 10.6 Å². The predicted molar refractivity (Wildman–Crippen MR) is 67.0 cm³/mol. The fourth-order valence-corrected chi connectivity index (χ4v) is 1.83. The molecule has 0 spiro atoms. The van der Waals surface area contributed by atoms with Gasteiger partial charge in [-0.25, -0.2) is 0 Å². The van der Waals surface area contributed by atoms with Gasteiger partial charge in [-0.15, -0.1) is 0 Å². The molecule has 0 aliphatic heterocycles. The highest BCUT2D eigenvalue weighted by Gasteiger charge is 2.11. The first-order valence-electron chi connectivity index (χ1n) is 5.12. The summed E-state index contributed by atoms with van der Waals surface area (Å²) in [6.07, 6.45) is 2.44. The topological polar surface area (TPSA) is 51.1 Å². The summed E-state index contributed by atoms with van der Waals surface area (Å²) >= 11 is 3.32. The number of halogens is 1. The number of nitrogens with one attached hydrogen (secondary N) is 1. The molecule has 1 amide bonds. The van der Waals surface area contributed by atoms with Gasteiger partial charge in [-0.05, 0) is 12.5 Å². The standard InChI is InChI=1S/C11H15BrN2O2/c1-3-9(7-12)13-11(16)8-4-5-14(2)10(15)6-8/h4-6,9H,3,7H2,1-2H3,(H,13,16). The molecule has 5 heteroatoms. The van der Waals surface area contributed by atoms with Crippen LogP contribution in [0.25, 0.3) is 0 Å². The van der Waals surface area contributed by atoms with E-state index in [2.05, 4.69) is 21.2 Å². The largest absolute Gasteiger partial charge is 0.348 e. The van der Waals surface area contributed by atoms with Gasteiger partial charge >= 0.3 is 0 Å². The molecule has 1 heterocycles. The Morgan fingerprint density at radius 2 is 2.31 bits per heavy atom. The molecular weight excluding hydrogens is 272 g/mol. The lowest BCUT2D eigenvalue weighted by atomic mass is 10.2. The van der Waals surface area contributed by atoms with Gasteiger partial charge in [-0.2, -0.15) is 0 Å². The summed E-state index contributed by atoms with van der Waals surface area (Å²) in [5.74, 6) is -0.205. The van der Waals surface area contributed by atoms with Crippen LogP contribution in [0.2, 0.25) is 0 Å². The lowest BCUT2D eigenvalue weighted by Gasteiger charge is -2.13. The molecule has 1 rings (SSSR count). The Kier molecular flexibility index (Phi) is 4.73. The number of aromatic nitrogens is 1. The third-order valence-corrected chi connectivity index (χ3v) is 3.16. The first kappa shape index (κ1) is 13.0. The van der Waals surface area contributed by atoms with E-state index in [4.69, 9.17) is 0 Å². The van der Waals surface area contributed by atoms with Crippen molar-refractivity contribution in [3.05, 3.63) is 34.2 Å². The predicted octanol–water partition coefficient (Wildman–Crippen LogP) is 1.29. The average Bonchev–Trinajstić information content (AvgIpc) is 2.29. The molecule has 1 unspecified atom stereocenters. The van der Waals surface area contributed by atoms with Crippen LogP contribution in [0.5, 0.6) is 0 Å². The Labute approximate surface area is 103 Å². The monoisotopic (exact) mass is 286 g/mol. The van der Waals surface area contributed by atoms with Gasteiger partial charge in [0.25, 0.3) is 11.5 Å². The van der Waals surface area contributed by atoms with Gasteiger partial charge in [0.15, 0.2) is 0 Å². The molecule has 0 fully saturated rings. The highest BCUT2D eigenvalue weighted by atomic mass is 79.9. The molecule has 0 radical (unpaired) electrons. The second-order valence-electron chi connectivity index (χ2n) is 3.60. The fraction of sp³-hybridized carbons (Fsp3) is 0.455. The van der Waals surface area contributed by atoms with E-state index >= 15 is 0 Å². The zero-order chi connectivity index (χ0) is 12.1. The van der Waals surface area contributed by atoms with E-state index in [0.29, 0.717) is 10.9 Å². The van der Waals surface area contributed by atoms with Crippen molar-refractivity contribution in [3.63, 3.8) is 0 Å². The first-order valence-corrected chi connectivity index (χ1v) is 6.24. The maximum absolute atomic E-state index is 11.8. The van der Waals surface area contributed by atoms with Gasteiger partial charge in [0.2, 0.25) is 0 Å². The van der Waals surface area contributed by atoms with Gasteiger partial charge in [0.1, 0.15) is 0 Å². The third-order valence-electron chi connectivity index (χ3n) is 2.38. The summed E-state index contributed by atoms with van der Waals surface area (Å²) in [4.78, 5) is 23.1. The molecule has 0 aliphatic rings. The van der Waals surface area contributed by atoms with Crippen molar-refractivity contribution in [1.29, 1.82) is 0 Å². The number of alkyl halides is 1. The molecule has 16 heavy (non-hydrogen) atoms. The Balaban J connectivity index is 2.81. The van der Waals surface area contributed by atoms with Crippen molar-refractivity contribution in [2.45, 2.75) is 19.4 Å². The van der Waals surface area contributed by atoms with Gasteiger partial charge in [0.05, 0.1) is 0 Å². The zero-order valence-electron chi connectivity index (χ0n) is 9.37. The van der Waals surface area contributed by atoms with E-state index in [1.54, 1.807) is 19.3 Å². The third kappa shape index (κ3) is 3.20. The van der Waals surface area contributed by atoms with Gasteiger partial charge in [0, 0.05) is 36.2 Å². The van der Waals surface area contributed by atoms with E-state index < -0.39 is 0 Å². The summed E-state index contributed by atoms with van der Waals surface area (Å²) in [6.45, 7) is 2.00. The van der Waals surface area contributed by atoms with Crippen LogP contribution >= 0.6 is 15.9 Å². The molecule has 0 aromatic carbocycles. The van der Waals surface area contributed by atoms with Crippen LogP contribution in [0.15, 0.2) is 23.1 Å². The highest BCUT2D eigenvalue weighted by molar-refractivity contribution is 9.09. The first-order chi connectivity index (χ1) is 7.58. The minimum atomic E-state index is -0.205. The highest BCUT2D eigenvalue weighted by Crippen LogP contribution is 2.00. The van der Waals surface area contributed by atoms with Crippen LogP contribution in [0.3, 0.4) is 0 Å². The van der Waals surface area contributed by atoms with Crippen molar-refractivity contribution >= 4 is 21.8 Å². The number of hydrogen-bond donors (Lipinski definition) is 1. The molecule has 0 saturated heterocycles. The maximum Gasteiger partial charge on any atom is 0.251 e. The fourth-order valence-electron chi connectivity index (χ4n) is 1.21. The van der Waals surface area contributed by atoms with Crippen molar-refractivity contribution in [3.8, 4) is 0 Å². The Morgan fingerprint density at radius 1 is 1.62 bits per heavy atom. The number of carbonyl (C=O) groups excluding carboxylic acids is 1. The van der Waals surface area contributed by atoms with E-state index in [1.807, 2.05) is 6.92 Å². The van der Waals surface area contributed by atoms with Crippen LogP contribution in [0, 0.1) is 0 Å². The maximum atomic E-state index is 11.8. The second-order valence-corrected chi connectivity index (χ2v) is 4.24. The quantitative estimate of drug-likeness (QED) is 0.848. The average molecular weight is 287 g/mol. The van der Waals surface area contributed by atoms with Crippen LogP contribution in [-0.2, 0) is 7.05 Å². The summed E-state index contributed by atoms with van der Waals surface area (Å²) in [5.41, 5.74) is 0.224. The number of aryl methyl sites for hydroxylation is 1. The van der Waals surface area contributed by atoms with Crippen molar-refractivity contribution in [1.82, 2.24) is 9.88 Å². The SMILES string of the molecule is CCC(CBr)NC(=O)c1ccn(C)c(=O)c1. The molecule has 88 valence electrons. The number of rotatable bonds is 4. The van der Waals surface area contributed by atoms with Crippen LogP contribution in [0.1, 0.15) is 23.7 Å². The molecule has 0 saturated carbocycles. The van der Waals surface area contributed by atoms with Crippen LogP contribution in [-0.4, -0.2) is 21.8 Å². The van der Waals surface area contributed by atoms with Gasteiger partial charge < -0.3 is 9.88 Å². The Morgan fingerprint density at radius 3 is 2.81 bits per heavy atom. The number of hydrogen-bond acceptors (Lipinski definition) is 2. The van der Waals surface area contributed by atoms with Crippen molar-refractivity contribution < 1.29 is 4.79 Å². The summed E-state index contributed by atoms with van der Waals surface area (Å²) < 4.78 is 1.43. The zero-order valence-corrected chi connectivity index (χ0v) is 11.0. The van der Waals surface area contributed by atoms with Crippen LogP contribution in [0.4, 0.5) is 0 Å². The summed E-state index contributed by atoms with van der Waals surface area (Å²) in [5, 5.41) is 3.55. The molecule has 0 aliphatic carbocycles. The smallest absolute Gasteiger partial charge is 0.251 e. The molecule has 1 atom stereocenters. The van der Waals surface area contributed by atoms with Gasteiger partial charge in [-0.1, -0.05) is 22.9 Å². The summed E-state index contributed by atoms with van der Waals surface area (Å²) in [7, 11) is 1.65. The molecule has 1 aromatic heterocycles. The molecule has 0 bridgehead atoms. The van der Waals surface area contributed by atoms with Crippen molar-refractivity contribution in [2.75, 3.05) is 5.33 Å². The van der Waals surface area contributed by atoms with E-state index in [9.17, 15) is 9.59 Å².